The van der Waals surface area contributed by atoms with Crippen LogP contribution in [0.1, 0.15) is 40.2 Å². The van der Waals surface area contributed by atoms with Gasteiger partial charge < -0.3 is 10.1 Å². The summed E-state index contributed by atoms with van der Waals surface area (Å²) in [6, 6.07) is 0. The summed E-state index contributed by atoms with van der Waals surface area (Å²) < 4.78 is 37.8. The normalized spacial score (nSPS) is 15.9. The zero-order valence-electron chi connectivity index (χ0n) is 8.32. The van der Waals surface area contributed by atoms with Crippen molar-refractivity contribution in [2.24, 2.45) is 0 Å². The minimum absolute atomic E-state index is 0.325. The third kappa shape index (κ3) is 1.68. The summed E-state index contributed by atoms with van der Waals surface area (Å²) >= 11 is 0. The Morgan fingerprint density at radius 1 is 1.25 bits per heavy atom. The van der Waals surface area contributed by atoms with Gasteiger partial charge in [-0.25, -0.2) is 4.79 Å². The summed E-state index contributed by atoms with van der Waals surface area (Å²) in [5.74, 6) is -1.51. The molecule has 88 valence electrons. The molecule has 0 aromatic carbocycles. The fourth-order valence-corrected chi connectivity index (χ4v) is 2.13. The van der Waals surface area contributed by atoms with Crippen LogP contribution in [-0.4, -0.2) is 16.1 Å². The van der Waals surface area contributed by atoms with Gasteiger partial charge in [-0.2, -0.15) is 13.2 Å². The standard InChI is InChI=1S/C10H10F3NO2/c11-10(12,13)8-7(9(15)16)5-3-1-2-4-6(5)14-8/h14H,1-4H2,(H,15,16). The second kappa shape index (κ2) is 3.54. The highest BCUT2D eigenvalue weighted by Gasteiger charge is 2.40. The second-order valence-corrected chi connectivity index (χ2v) is 3.84. The first-order chi connectivity index (χ1) is 7.41. The molecule has 2 rings (SSSR count). The summed E-state index contributed by atoms with van der Waals surface area (Å²) in [4.78, 5) is 13.1. The van der Waals surface area contributed by atoms with Crippen LogP contribution in [0.5, 0.6) is 0 Å². The van der Waals surface area contributed by atoms with E-state index in [-0.39, 0.29) is 0 Å². The summed E-state index contributed by atoms with van der Waals surface area (Å²) in [5.41, 5.74) is -0.962. The SMILES string of the molecule is O=C(O)c1c(C(F)(F)F)[nH]c2c1CCCC2. The Labute approximate surface area is 89.3 Å². The number of carboxylic acid groups (broad SMARTS) is 1. The Bertz CT molecular complexity index is 434. The summed E-state index contributed by atoms with van der Waals surface area (Å²) in [6.45, 7) is 0. The first-order valence-electron chi connectivity index (χ1n) is 4.95. The first kappa shape index (κ1) is 11.0. The van der Waals surface area contributed by atoms with Gasteiger partial charge in [0.05, 0.1) is 5.56 Å². The Balaban J connectivity index is 2.61. The molecule has 3 nitrogen and oxygen atoms in total. The zero-order chi connectivity index (χ0) is 11.9. The highest BCUT2D eigenvalue weighted by Crippen LogP contribution is 2.36. The lowest BCUT2D eigenvalue weighted by molar-refractivity contribution is -0.141. The molecule has 1 heterocycles. The highest BCUT2D eigenvalue weighted by atomic mass is 19.4. The van der Waals surface area contributed by atoms with Gasteiger partial charge in [-0.05, 0) is 31.2 Å². The number of hydrogen-bond donors (Lipinski definition) is 2. The van der Waals surface area contributed by atoms with E-state index < -0.39 is 23.4 Å². The van der Waals surface area contributed by atoms with E-state index in [0.717, 1.165) is 12.8 Å². The van der Waals surface area contributed by atoms with Crippen LogP contribution < -0.4 is 0 Å². The van der Waals surface area contributed by atoms with E-state index in [2.05, 4.69) is 4.98 Å². The predicted octanol–water partition coefficient (Wildman–Crippen LogP) is 2.61. The zero-order valence-corrected chi connectivity index (χ0v) is 8.32. The third-order valence-electron chi connectivity index (χ3n) is 2.79. The van der Waals surface area contributed by atoms with E-state index in [1.54, 1.807) is 0 Å². The largest absolute Gasteiger partial charge is 0.478 e. The molecular weight excluding hydrogens is 223 g/mol. The Hall–Kier alpha value is -1.46. The van der Waals surface area contributed by atoms with Crippen LogP contribution >= 0.6 is 0 Å². The number of aromatic nitrogens is 1. The number of aromatic amines is 1. The topological polar surface area (TPSA) is 53.1 Å². The minimum Gasteiger partial charge on any atom is -0.478 e. The lowest BCUT2D eigenvalue weighted by atomic mass is 9.94. The molecule has 0 saturated heterocycles. The second-order valence-electron chi connectivity index (χ2n) is 3.84. The van der Waals surface area contributed by atoms with E-state index in [9.17, 15) is 18.0 Å². The smallest absolute Gasteiger partial charge is 0.432 e. The minimum atomic E-state index is -4.63. The number of halogens is 3. The number of fused-ring (bicyclic) bond motifs is 1. The van der Waals surface area contributed by atoms with Crippen LogP contribution in [0.4, 0.5) is 13.2 Å². The number of H-pyrrole nitrogens is 1. The Morgan fingerprint density at radius 2 is 1.88 bits per heavy atom. The molecule has 0 fully saturated rings. The molecule has 0 atom stereocenters. The van der Waals surface area contributed by atoms with Crippen molar-refractivity contribution in [3.05, 3.63) is 22.5 Å². The quantitative estimate of drug-likeness (QED) is 0.783. The first-order valence-corrected chi connectivity index (χ1v) is 4.95. The summed E-state index contributed by atoms with van der Waals surface area (Å²) in [6.07, 6.45) is -2.20. The van der Waals surface area contributed by atoms with Crippen LogP contribution in [-0.2, 0) is 19.0 Å². The molecule has 0 aliphatic heterocycles. The maximum Gasteiger partial charge on any atom is 0.432 e. The number of alkyl halides is 3. The molecule has 0 radical (unpaired) electrons. The summed E-state index contributed by atoms with van der Waals surface area (Å²) in [7, 11) is 0. The van der Waals surface area contributed by atoms with Crippen molar-refractivity contribution in [3.8, 4) is 0 Å². The van der Waals surface area contributed by atoms with Crippen LogP contribution in [0.25, 0.3) is 0 Å². The van der Waals surface area contributed by atoms with Crippen LogP contribution in [0.15, 0.2) is 0 Å². The van der Waals surface area contributed by atoms with Crippen molar-refractivity contribution < 1.29 is 23.1 Å². The van der Waals surface area contributed by atoms with Crippen LogP contribution in [0.3, 0.4) is 0 Å². The molecule has 16 heavy (non-hydrogen) atoms. The molecule has 1 aromatic rings. The molecule has 0 amide bonds. The van der Waals surface area contributed by atoms with Crippen molar-refractivity contribution in [1.29, 1.82) is 0 Å². The van der Waals surface area contributed by atoms with E-state index in [0.29, 0.717) is 24.1 Å². The lowest BCUT2D eigenvalue weighted by Gasteiger charge is -2.10. The maximum absolute atomic E-state index is 12.6. The van der Waals surface area contributed by atoms with Crippen molar-refractivity contribution in [3.63, 3.8) is 0 Å². The van der Waals surface area contributed by atoms with Crippen LogP contribution in [0.2, 0.25) is 0 Å². The van der Waals surface area contributed by atoms with E-state index in [4.69, 9.17) is 5.11 Å². The molecule has 0 bridgehead atoms. The van der Waals surface area contributed by atoms with Gasteiger partial charge in [-0.15, -0.1) is 0 Å². The van der Waals surface area contributed by atoms with Crippen LogP contribution in [0, 0.1) is 0 Å². The number of aromatic carboxylic acids is 1. The van der Waals surface area contributed by atoms with Gasteiger partial charge in [0.15, 0.2) is 0 Å². The molecular formula is C10H10F3NO2. The number of aryl methyl sites for hydroxylation is 1. The van der Waals surface area contributed by atoms with Gasteiger partial charge in [0.25, 0.3) is 0 Å². The molecule has 1 aromatic heterocycles. The van der Waals surface area contributed by atoms with E-state index in [1.807, 2.05) is 0 Å². The molecule has 2 N–H and O–H groups in total. The number of carboxylic acids is 1. The molecule has 6 heteroatoms. The summed E-state index contributed by atoms with van der Waals surface area (Å²) in [5, 5.41) is 8.85. The molecule has 1 aliphatic rings. The fourth-order valence-electron chi connectivity index (χ4n) is 2.13. The van der Waals surface area contributed by atoms with Gasteiger partial charge in [0.2, 0.25) is 0 Å². The third-order valence-corrected chi connectivity index (χ3v) is 2.79. The Kier molecular flexibility index (Phi) is 2.44. The Morgan fingerprint density at radius 3 is 2.44 bits per heavy atom. The predicted molar refractivity (Wildman–Crippen MR) is 49.4 cm³/mol. The van der Waals surface area contributed by atoms with E-state index >= 15 is 0 Å². The van der Waals surface area contributed by atoms with Gasteiger partial charge in [-0.3, -0.25) is 0 Å². The average Bonchev–Trinajstić information content (AvgIpc) is 2.55. The molecule has 0 spiro atoms. The van der Waals surface area contributed by atoms with Crippen molar-refractivity contribution in [1.82, 2.24) is 4.98 Å². The molecule has 0 saturated carbocycles. The lowest BCUT2D eigenvalue weighted by Crippen LogP contribution is -2.13. The van der Waals surface area contributed by atoms with Gasteiger partial charge in [0, 0.05) is 5.69 Å². The number of carbonyl (C=O) groups is 1. The van der Waals surface area contributed by atoms with Gasteiger partial charge >= 0.3 is 12.1 Å². The number of hydrogen-bond acceptors (Lipinski definition) is 1. The number of rotatable bonds is 1. The maximum atomic E-state index is 12.6. The van der Waals surface area contributed by atoms with Crippen molar-refractivity contribution in [2.45, 2.75) is 31.9 Å². The van der Waals surface area contributed by atoms with E-state index in [1.165, 1.54) is 0 Å². The number of nitrogens with one attached hydrogen (secondary N) is 1. The van der Waals surface area contributed by atoms with Crippen molar-refractivity contribution in [2.75, 3.05) is 0 Å². The van der Waals surface area contributed by atoms with Crippen molar-refractivity contribution >= 4 is 5.97 Å². The van der Waals surface area contributed by atoms with Gasteiger partial charge in [0.1, 0.15) is 5.69 Å². The monoisotopic (exact) mass is 233 g/mol. The molecule has 0 unspecified atom stereocenters. The highest BCUT2D eigenvalue weighted by molar-refractivity contribution is 5.91. The fraction of sp³-hybridized carbons (Fsp3) is 0.500. The average molecular weight is 233 g/mol. The van der Waals surface area contributed by atoms with Gasteiger partial charge in [-0.1, -0.05) is 0 Å². The molecule has 1 aliphatic carbocycles.